The van der Waals surface area contributed by atoms with E-state index in [9.17, 15) is 14.7 Å². The minimum Gasteiger partial charge on any atom is -0.393 e. The number of carbonyl (C=O) groups excluding carboxylic acids is 1. The van der Waals surface area contributed by atoms with Gasteiger partial charge in [-0.05, 0) is 23.8 Å². The first-order valence-electron chi connectivity index (χ1n) is 9.19. The van der Waals surface area contributed by atoms with Crippen LogP contribution in [0.1, 0.15) is 23.1 Å². The van der Waals surface area contributed by atoms with Gasteiger partial charge < -0.3 is 15.4 Å². The highest BCUT2D eigenvalue weighted by molar-refractivity contribution is 5.91. The maximum atomic E-state index is 13.3. The van der Waals surface area contributed by atoms with Crippen molar-refractivity contribution in [2.75, 3.05) is 6.61 Å². The number of rotatable bonds is 1. The maximum absolute atomic E-state index is 13.3. The first-order chi connectivity index (χ1) is 13.6. The first kappa shape index (κ1) is 15.6. The fourth-order valence-corrected chi connectivity index (χ4v) is 4.72. The number of nitrogens with one attached hydrogen (secondary N) is 2. The van der Waals surface area contributed by atoms with Crippen LogP contribution < -0.4 is 10.9 Å². The van der Waals surface area contributed by atoms with E-state index < -0.39 is 18.2 Å². The van der Waals surface area contributed by atoms with Gasteiger partial charge in [-0.15, -0.1) is 0 Å². The topological polar surface area (TPSA) is 100 Å². The number of fused-ring (bicyclic) bond motifs is 3. The predicted molar refractivity (Wildman–Crippen MR) is 103 cm³/mol. The van der Waals surface area contributed by atoms with E-state index in [0.29, 0.717) is 28.8 Å². The van der Waals surface area contributed by atoms with Gasteiger partial charge >= 0.3 is 0 Å². The molecule has 0 spiro atoms. The molecule has 2 aromatic heterocycles. The van der Waals surface area contributed by atoms with E-state index in [0.717, 1.165) is 16.5 Å². The Morgan fingerprint density at radius 2 is 1.86 bits per heavy atom. The van der Waals surface area contributed by atoms with Crippen LogP contribution in [0.15, 0.2) is 53.3 Å². The Kier molecular flexibility index (Phi) is 2.83. The molecule has 138 valence electrons. The highest BCUT2D eigenvalue weighted by atomic mass is 16.3. The fraction of sp³-hybridized carbons (Fsp3) is 0.190. The van der Waals surface area contributed by atoms with Crippen molar-refractivity contribution in [3.8, 4) is 0 Å². The molecule has 0 fully saturated rings. The van der Waals surface area contributed by atoms with Gasteiger partial charge in [0.15, 0.2) is 5.54 Å². The quantitative estimate of drug-likeness (QED) is 0.469. The Labute approximate surface area is 158 Å². The van der Waals surface area contributed by atoms with Gasteiger partial charge in [0.25, 0.3) is 5.56 Å². The summed E-state index contributed by atoms with van der Waals surface area (Å²) in [5, 5.41) is 14.9. The molecule has 0 radical (unpaired) electrons. The molecular formula is C21H16N4O3. The number of benzene rings is 2. The molecule has 7 heteroatoms. The summed E-state index contributed by atoms with van der Waals surface area (Å²) in [6, 6.07) is 14.2. The summed E-state index contributed by atoms with van der Waals surface area (Å²) in [6.07, 6.45) is 0.361. The molecule has 2 bridgehead atoms. The van der Waals surface area contributed by atoms with Crippen LogP contribution in [0.3, 0.4) is 0 Å². The van der Waals surface area contributed by atoms with Crippen molar-refractivity contribution in [1.82, 2.24) is 19.9 Å². The largest absolute Gasteiger partial charge is 0.393 e. The van der Waals surface area contributed by atoms with E-state index in [2.05, 4.69) is 10.3 Å². The number of aliphatic hydroxyl groups is 1. The molecule has 7 rings (SSSR count). The van der Waals surface area contributed by atoms with E-state index in [1.807, 2.05) is 30.3 Å². The zero-order chi connectivity index (χ0) is 19.0. The van der Waals surface area contributed by atoms with Gasteiger partial charge in [0.05, 0.1) is 23.2 Å². The molecule has 0 saturated heterocycles. The Hall–Kier alpha value is -3.45. The van der Waals surface area contributed by atoms with Crippen molar-refractivity contribution < 1.29 is 9.90 Å². The van der Waals surface area contributed by atoms with Crippen LogP contribution in [-0.4, -0.2) is 32.2 Å². The molecule has 3 aliphatic rings. The van der Waals surface area contributed by atoms with Crippen molar-refractivity contribution in [1.29, 1.82) is 0 Å². The van der Waals surface area contributed by atoms with Crippen molar-refractivity contribution in [3.63, 3.8) is 0 Å². The predicted octanol–water partition coefficient (Wildman–Crippen LogP) is 1.34. The summed E-state index contributed by atoms with van der Waals surface area (Å²) in [7, 11) is 0. The van der Waals surface area contributed by atoms with Crippen molar-refractivity contribution >= 4 is 27.7 Å². The Morgan fingerprint density at radius 3 is 2.68 bits per heavy atom. The van der Waals surface area contributed by atoms with Gasteiger partial charge in [0.1, 0.15) is 11.9 Å². The maximum Gasteiger partial charge on any atom is 0.262 e. The normalized spacial score (nSPS) is 22.8. The number of aromatic nitrogens is 3. The highest BCUT2D eigenvalue weighted by Crippen LogP contribution is 2.43. The lowest BCUT2D eigenvalue weighted by Gasteiger charge is -2.38. The van der Waals surface area contributed by atoms with E-state index in [4.69, 9.17) is 4.98 Å². The molecule has 0 aliphatic carbocycles. The number of aromatic amines is 1. The molecule has 2 atom stereocenters. The summed E-state index contributed by atoms with van der Waals surface area (Å²) < 4.78 is 1.47. The van der Waals surface area contributed by atoms with Gasteiger partial charge in [-0.2, -0.15) is 0 Å². The van der Waals surface area contributed by atoms with E-state index >= 15 is 0 Å². The summed E-state index contributed by atoms with van der Waals surface area (Å²) in [4.78, 5) is 34.4. The van der Waals surface area contributed by atoms with Crippen LogP contribution in [0.25, 0.3) is 21.8 Å². The van der Waals surface area contributed by atoms with Crippen molar-refractivity contribution in [2.24, 2.45) is 0 Å². The van der Waals surface area contributed by atoms with Gasteiger partial charge in [-0.25, -0.2) is 4.98 Å². The standard InChI is InChI=1S/C21H16N4O3/c26-10-21-17-13(11-5-1-3-7-14(11)22-17)9-16(18(27)24-21)25-19(28)12-6-2-4-8-15(12)23-20(21)25/h1-8,16,22,26H,9-10H2,(H,24,27)/t16-,21+/m0/s1. The summed E-state index contributed by atoms with van der Waals surface area (Å²) in [5.41, 5.74) is 1.56. The number of hydrogen-bond acceptors (Lipinski definition) is 4. The smallest absolute Gasteiger partial charge is 0.262 e. The Bertz CT molecular complexity index is 1370. The average molecular weight is 372 g/mol. The summed E-state index contributed by atoms with van der Waals surface area (Å²) >= 11 is 0. The number of amides is 1. The summed E-state index contributed by atoms with van der Waals surface area (Å²) in [5.74, 6) is 0.0861. The minimum atomic E-state index is -1.29. The Balaban J connectivity index is 1.80. The van der Waals surface area contributed by atoms with Crippen LogP contribution in [0.5, 0.6) is 0 Å². The lowest BCUT2D eigenvalue weighted by molar-refractivity contribution is -0.128. The number of aliphatic hydroxyl groups excluding tert-OH is 1. The third-order valence-electron chi connectivity index (χ3n) is 6.02. The lowest BCUT2D eigenvalue weighted by Crippen LogP contribution is -2.59. The molecule has 2 aromatic carbocycles. The lowest BCUT2D eigenvalue weighted by atomic mass is 9.91. The van der Waals surface area contributed by atoms with Crippen LogP contribution in [0.2, 0.25) is 0 Å². The van der Waals surface area contributed by atoms with Crippen molar-refractivity contribution in [3.05, 3.63) is 76.0 Å². The number of nitrogens with zero attached hydrogens (tertiary/aromatic N) is 2. The van der Waals surface area contributed by atoms with E-state index in [1.54, 1.807) is 18.2 Å². The number of hydrogen-bond donors (Lipinski definition) is 3. The van der Waals surface area contributed by atoms with Crippen LogP contribution >= 0.6 is 0 Å². The molecule has 28 heavy (non-hydrogen) atoms. The van der Waals surface area contributed by atoms with E-state index in [-0.39, 0.29) is 11.5 Å². The second-order valence-electron chi connectivity index (χ2n) is 7.42. The molecule has 3 N–H and O–H groups in total. The SMILES string of the molecule is O=C1N[C@]2(CO)c3[nH]c4ccccc4c3C[C@@H]1n1c2nc2ccccc2c1=O. The number of H-pyrrole nitrogens is 1. The molecule has 1 amide bonds. The molecule has 7 nitrogen and oxygen atoms in total. The first-order valence-corrected chi connectivity index (χ1v) is 9.19. The van der Waals surface area contributed by atoms with Crippen molar-refractivity contribution in [2.45, 2.75) is 18.0 Å². The molecule has 3 aliphatic heterocycles. The number of para-hydroxylation sites is 2. The van der Waals surface area contributed by atoms with Crippen LogP contribution in [0, 0.1) is 0 Å². The summed E-state index contributed by atoms with van der Waals surface area (Å²) in [6.45, 7) is -0.407. The zero-order valence-corrected chi connectivity index (χ0v) is 14.8. The van der Waals surface area contributed by atoms with Gasteiger partial charge in [0.2, 0.25) is 5.91 Å². The Morgan fingerprint density at radius 1 is 1.11 bits per heavy atom. The van der Waals surface area contributed by atoms with Gasteiger partial charge in [-0.3, -0.25) is 14.2 Å². The van der Waals surface area contributed by atoms with Gasteiger partial charge in [-0.1, -0.05) is 30.3 Å². The molecule has 4 aromatic rings. The second-order valence-corrected chi connectivity index (χ2v) is 7.42. The highest BCUT2D eigenvalue weighted by Gasteiger charge is 2.52. The average Bonchev–Trinajstić information content (AvgIpc) is 2.98. The molecule has 0 saturated carbocycles. The monoisotopic (exact) mass is 372 g/mol. The third-order valence-corrected chi connectivity index (χ3v) is 6.02. The third kappa shape index (κ3) is 1.70. The molecular weight excluding hydrogens is 356 g/mol. The van der Waals surface area contributed by atoms with Crippen LogP contribution in [0.4, 0.5) is 0 Å². The van der Waals surface area contributed by atoms with Gasteiger partial charge in [0, 0.05) is 17.3 Å². The van der Waals surface area contributed by atoms with Crippen LogP contribution in [-0.2, 0) is 16.8 Å². The minimum absolute atomic E-state index is 0.257. The van der Waals surface area contributed by atoms with E-state index in [1.165, 1.54) is 4.57 Å². The zero-order valence-electron chi connectivity index (χ0n) is 14.8. The number of carbonyl (C=O) groups is 1. The molecule has 5 heterocycles. The molecule has 0 unspecified atom stereocenters. The fourth-order valence-electron chi connectivity index (χ4n) is 4.72. The second kappa shape index (κ2) is 5.08.